The Kier molecular flexibility index (Phi) is 3.72. The summed E-state index contributed by atoms with van der Waals surface area (Å²) in [5.41, 5.74) is 6.54. The average molecular weight is 285 g/mol. The van der Waals surface area contributed by atoms with E-state index in [-0.39, 0.29) is 0 Å². The molecule has 2 rings (SSSR count). The van der Waals surface area contributed by atoms with Gasteiger partial charge in [0.1, 0.15) is 6.04 Å². The van der Waals surface area contributed by atoms with Crippen LogP contribution < -0.4 is 10.0 Å². The number of sulfonamides is 1. The first kappa shape index (κ1) is 13.8. The predicted molar refractivity (Wildman–Crippen MR) is 69.3 cm³/mol. The van der Waals surface area contributed by atoms with Crippen molar-refractivity contribution < 1.29 is 18.3 Å². The summed E-state index contributed by atoms with van der Waals surface area (Å²) < 4.78 is 25.6. The highest BCUT2D eigenvalue weighted by atomic mass is 32.2. The molecule has 2 heterocycles. The number of carboxylic acids is 1. The zero-order valence-electron chi connectivity index (χ0n) is 10.2. The molecule has 0 unspecified atom stereocenters. The lowest BCUT2D eigenvalue weighted by molar-refractivity contribution is -0.137. The van der Waals surface area contributed by atoms with Crippen molar-refractivity contribution in [3.05, 3.63) is 24.0 Å². The summed E-state index contributed by atoms with van der Waals surface area (Å²) in [7, 11) is -3.75. The van der Waals surface area contributed by atoms with Crippen LogP contribution in [0.25, 0.3) is 0 Å². The van der Waals surface area contributed by atoms with Gasteiger partial charge in [-0.15, -0.1) is 0 Å². The third-order valence-electron chi connectivity index (χ3n) is 2.95. The van der Waals surface area contributed by atoms with Crippen LogP contribution in [0.1, 0.15) is 12.1 Å². The van der Waals surface area contributed by atoms with Gasteiger partial charge in [0.25, 0.3) is 0 Å². The van der Waals surface area contributed by atoms with E-state index in [0.717, 1.165) is 0 Å². The van der Waals surface area contributed by atoms with Crippen LogP contribution in [-0.4, -0.2) is 42.8 Å². The van der Waals surface area contributed by atoms with Gasteiger partial charge < -0.3 is 10.8 Å². The molecule has 0 amide bonds. The standard InChI is InChI=1S/C11H15N3O4S/c12-8(11(15)16)7-19(17,18)14-6-2-3-9-10(14)4-1-5-13-9/h1,4-5,8H,2-3,6-7,12H2,(H,15,16)/t8-/m0/s1. The summed E-state index contributed by atoms with van der Waals surface area (Å²) in [4.78, 5) is 14.8. The average Bonchev–Trinajstić information content (AvgIpc) is 2.37. The minimum Gasteiger partial charge on any atom is -0.480 e. The van der Waals surface area contributed by atoms with Gasteiger partial charge in [0.05, 0.1) is 17.1 Å². The van der Waals surface area contributed by atoms with E-state index in [2.05, 4.69) is 4.98 Å². The summed E-state index contributed by atoms with van der Waals surface area (Å²) in [6, 6.07) is 1.90. The summed E-state index contributed by atoms with van der Waals surface area (Å²) >= 11 is 0. The lowest BCUT2D eigenvalue weighted by Crippen LogP contribution is -2.45. The van der Waals surface area contributed by atoms with Gasteiger partial charge in [0.2, 0.25) is 10.0 Å². The van der Waals surface area contributed by atoms with E-state index in [1.807, 2.05) is 0 Å². The van der Waals surface area contributed by atoms with Gasteiger partial charge in [-0.2, -0.15) is 0 Å². The molecule has 19 heavy (non-hydrogen) atoms. The molecular weight excluding hydrogens is 270 g/mol. The van der Waals surface area contributed by atoms with Crippen molar-refractivity contribution in [1.82, 2.24) is 4.98 Å². The minimum atomic E-state index is -3.75. The molecule has 7 nitrogen and oxygen atoms in total. The lowest BCUT2D eigenvalue weighted by Gasteiger charge is -2.30. The molecule has 0 bridgehead atoms. The van der Waals surface area contributed by atoms with Crippen molar-refractivity contribution in [2.24, 2.45) is 5.73 Å². The first-order chi connectivity index (χ1) is 8.92. The molecule has 1 aromatic heterocycles. The third kappa shape index (κ3) is 2.85. The van der Waals surface area contributed by atoms with E-state index in [1.54, 1.807) is 18.3 Å². The fourth-order valence-corrected chi connectivity index (χ4v) is 3.69. The fourth-order valence-electron chi connectivity index (χ4n) is 2.04. The minimum absolute atomic E-state index is 0.327. The highest BCUT2D eigenvalue weighted by Gasteiger charge is 2.31. The number of anilines is 1. The Bertz CT molecular complexity index is 587. The molecule has 0 radical (unpaired) electrons. The molecule has 0 aliphatic carbocycles. The normalized spacial score (nSPS) is 16.8. The molecular formula is C11H15N3O4S. The van der Waals surface area contributed by atoms with Crippen molar-refractivity contribution in [2.45, 2.75) is 18.9 Å². The third-order valence-corrected chi connectivity index (χ3v) is 4.78. The Hall–Kier alpha value is -1.67. The number of carbonyl (C=O) groups is 1. The summed E-state index contributed by atoms with van der Waals surface area (Å²) in [5.74, 6) is -1.94. The Morgan fingerprint density at radius 1 is 1.58 bits per heavy atom. The van der Waals surface area contributed by atoms with Crippen molar-refractivity contribution in [2.75, 3.05) is 16.6 Å². The largest absolute Gasteiger partial charge is 0.480 e. The zero-order valence-corrected chi connectivity index (χ0v) is 11.0. The molecule has 1 aliphatic heterocycles. The Labute approximate surface area is 111 Å². The van der Waals surface area contributed by atoms with Crippen LogP contribution in [0, 0.1) is 0 Å². The summed E-state index contributed by atoms with van der Waals surface area (Å²) in [5, 5.41) is 8.72. The van der Waals surface area contributed by atoms with Crippen molar-refractivity contribution in [1.29, 1.82) is 0 Å². The van der Waals surface area contributed by atoms with Gasteiger partial charge in [-0.1, -0.05) is 0 Å². The SMILES string of the molecule is N[C@@H](CS(=O)(=O)N1CCCc2ncccc21)C(=O)O. The van der Waals surface area contributed by atoms with Crippen LogP contribution in [0.15, 0.2) is 18.3 Å². The molecule has 8 heteroatoms. The number of aryl methyl sites for hydroxylation is 1. The first-order valence-corrected chi connectivity index (χ1v) is 7.45. The number of fused-ring (bicyclic) bond motifs is 1. The highest BCUT2D eigenvalue weighted by Crippen LogP contribution is 2.27. The molecule has 0 aromatic carbocycles. The number of hydrogen-bond acceptors (Lipinski definition) is 5. The summed E-state index contributed by atoms with van der Waals surface area (Å²) in [6.07, 6.45) is 2.98. The summed E-state index contributed by atoms with van der Waals surface area (Å²) in [6.45, 7) is 0.327. The molecule has 0 saturated carbocycles. The number of carboxylic acid groups (broad SMARTS) is 1. The second kappa shape index (κ2) is 5.14. The molecule has 0 saturated heterocycles. The number of rotatable bonds is 4. The molecule has 104 valence electrons. The van der Waals surface area contributed by atoms with Crippen molar-refractivity contribution >= 4 is 21.7 Å². The Balaban J connectivity index is 2.30. The van der Waals surface area contributed by atoms with Crippen LogP contribution in [0.3, 0.4) is 0 Å². The molecule has 3 N–H and O–H groups in total. The Morgan fingerprint density at radius 2 is 2.32 bits per heavy atom. The Morgan fingerprint density at radius 3 is 3.00 bits per heavy atom. The molecule has 1 aliphatic rings. The number of aliphatic carboxylic acids is 1. The van der Waals surface area contributed by atoms with Crippen LogP contribution in [0.2, 0.25) is 0 Å². The fraction of sp³-hybridized carbons (Fsp3) is 0.455. The molecule has 0 spiro atoms. The quantitative estimate of drug-likeness (QED) is 0.776. The van der Waals surface area contributed by atoms with Gasteiger partial charge in [0, 0.05) is 12.7 Å². The van der Waals surface area contributed by atoms with Gasteiger partial charge >= 0.3 is 5.97 Å². The van der Waals surface area contributed by atoms with Crippen molar-refractivity contribution in [3.8, 4) is 0 Å². The van der Waals surface area contributed by atoms with E-state index in [9.17, 15) is 13.2 Å². The number of hydrogen-bond donors (Lipinski definition) is 2. The van der Waals surface area contributed by atoms with Crippen LogP contribution in [-0.2, 0) is 21.2 Å². The molecule has 1 aromatic rings. The number of aromatic nitrogens is 1. The van der Waals surface area contributed by atoms with E-state index in [4.69, 9.17) is 10.8 Å². The maximum Gasteiger partial charge on any atom is 0.321 e. The smallest absolute Gasteiger partial charge is 0.321 e. The predicted octanol–water partition coefficient (Wildman–Crippen LogP) is -0.424. The maximum absolute atomic E-state index is 12.2. The number of nitrogens with zero attached hydrogens (tertiary/aromatic N) is 2. The number of pyridine rings is 1. The van der Waals surface area contributed by atoms with E-state index >= 15 is 0 Å². The van der Waals surface area contributed by atoms with Gasteiger partial charge in [-0.25, -0.2) is 8.42 Å². The maximum atomic E-state index is 12.2. The van der Waals surface area contributed by atoms with Crippen LogP contribution in [0.4, 0.5) is 5.69 Å². The van der Waals surface area contributed by atoms with Crippen LogP contribution >= 0.6 is 0 Å². The highest BCUT2D eigenvalue weighted by molar-refractivity contribution is 7.92. The second-order valence-electron chi connectivity index (χ2n) is 4.37. The first-order valence-electron chi connectivity index (χ1n) is 5.84. The molecule has 0 fully saturated rings. The van der Waals surface area contributed by atoms with E-state index < -0.39 is 27.8 Å². The monoisotopic (exact) mass is 285 g/mol. The lowest BCUT2D eigenvalue weighted by atomic mass is 10.1. The van der Waals surface area contributed by atoms with Gasteiger partial charge in [0.15, 0.2) is 0 Å². The number of nitrogens with two attached hydrogens (primary N) is 1. The van der Waals surface area contributed by atoms with Crippen molar-refractivity contribution in [3.63, 3.8) is 0 Å². The van der Waals surface area contributed by atoms with Crippen LogP contribution in [0.5, 0.6) is 0 Å². The van der Waals surface area contributed by atoms with Gasteiger partial charge in [-0.05, 0) is 25.0 Å². The van der Waals surface area contributed by atoms with Gasteiger partial charge in [-0.3, -0.25) is 14.1 Å². The molecule has 1 atom stereocenters. The van der Waals surface area contributed by atoms with E-state index in [0.29, 0.717) is 30.8 Å². The van der Waals surface area contributed by atoms with E-state index in [1.165, 1.54) is 4.31 Å². The zero-order chi connectivity index (χ0) is 14.0. The second-order valence-corrected chi connectivity index (χ2v) is 6.31. The topological polar surface area (TPSA) is 114 Å².